The summed E-state index contributed by atoms with van der Waals surface area (Å²) in [5, 5.41) is 54.9. The molecule has 0 aromatic carbocycles. The van der Waals surface area contributed by atoms with Gasteiger partial charge in [0.1, 0.15) is 24.4 Å². The van der Waals surface area contributed by atoms with Gasteiger partial charge in [0.05, 0.1) is 25.4 Å². The van der Waals surface area contributed by atoms with E-state index >= 15 is 0 Å². The average molecular weight is 1330 g/mol. The molecule has 1 amide bonds. The molecule has 0 aromatic heterocycles. The number of nitrogens with one attached hydrogen (secondary N) is 1. The highest BCUT2D eigenvalue weighted by molar-refractivity contribution is 5.76. The van der Waals surface area contributed by atoms with Gasteiger partial charge in [-0.25, -0.2) is 0 Å². The first-order chi connectivity index (χ1) is 46.3. The van der Waals surface area contributed by atoms with E-state index in [1.54, 1.807) is 6.08 Å². The van der Waals surface area contributed by atoms with Crippen LogP contribution in [0.4, 0.5) is 0 Å². The van der Waals surface area contributed by atoms with Crippen LogP contribution in [-0.2, 0) is 14.3 Å². The van der Waals surface area contributed by atoms with Gasteiger partial charge < -0.3 is 40.3 Å². The monoisotopic (exact) mass is 1330 g/mol. The Balaban J connectivity index is 2.04. The molecule has 0 aliphatic carbocycles. The second-order valence-electron chi connectivity index (χ2n) is 29.6. The molecule has 7 unspecified atom stereocenters. The van der Waals surface area contributed by atoms with Crippen LogP contribution in [0.25, 0.3) is 0 Å². The van der Waals surface area contributed by atoms with Crippen molar-refractivity contribution in [1.29, 1.82) is 0 Å². The third kappa shape index (κ3) is 61.5. The first kappa shape index (κ1) is 90.4. The Labute approximate surface area is 584 Å². The summed E-state index contributed by atoms with van der Waals surface area (Å²) in [4.78, 5) is 13.2. The van der Waals surface area contributed by atoms with E-state index in [1.807, 2.05) is 6.08 Å². The van der Waals surface area contributed by atoms with E-state index in [4.69, 9.17) is 9.47 Å². The number of ether oxygens (including phenoxy) is 2. The van der Waals surface area contributed by atoms with Crippen molar-refractivity contribution in [3.8, 4) is 0 Å². The van der Waals surface area contributed by atoms with Crippen LogP contribution in [-0.4, -0.2) is 87.5 Å². The molecule has 556 valence electrons. The predicted molar refractivity (Wildman–Crippen MR) is 406 cm³/mol. The normalized spacial score (nSPS) is 17.6. The lowest BCUT2D eigenvalue weighted by Crippen LogP contribution is -2.60. The summed E-state index contributed by atoms with van der Waals surface area (Å²) < 4.78 is 11.3. The summed E-state index contributed by atoms with van der Waals surface area (Å²) in [5.41, 5.74) is 0. The molecule has 0 saturated carbocycles. The SMILES string of the molecule is CCCCCCCCCC/C=C\CCCCCCCCCCCCCCCCCCCCCCCCCCCCCCCC(=O)NC(COC1OC(CO)C(O)C(O)C1O)C(O)/C=C/CC/C=C/CCCCCCCCCCCCCCCCCCCCCCCCCC. The van der Waals surface area contributed by atoms with Crippen LogP contribution < -0.4 is 5.32 Å². The van der Waals surface area contributed by atoms with Gasteiger partial charge in [-0.2, -0.15) is 0 Å². The summed E-state index contributed by atoms with van der Waals surface area (Å²) in [6.07, 6.45) is 94.7. The fraction of sp³-hybridized carbons (Fsp3) is 0.918. The molecule has 1 rings (SSSR count). The van der Waals surface area contributed by atoms with Crippen LogP contribution in [0.3, 0.4) is 0 Å². The van der Waals surface area contributed by atoms with E-state index in [9.17, 15) is 30.3 Å². The van der Waals surface area contributed by atoms with E-state index in [2.05, 4.69) is 43.5 Å². The van der Waals surface area contributed by atoms with Gasteiger partial charge in [-0.15, -0.1) is 0 Å². The molecular formula is C85H163NO8. The van der Waals surface area contributed by atoms with Crippen LogP contribution in [0, 0.1) is 0 Å². The molecule has 1 aliphatic heterocycles. The lowest BCUT2D eigenvalue weighted by Gasteiger charge is -2.40. The number of hydrogen-bond acceptors (Lipinski definition) is 8. The molecule has 0 spiro atoms. The number of allylic oxidation sites excluding steroid dienone is 5. The number of rotatable bonds is 76. The van der Waals surface area contributed by atoms with E-state index in [1.165, 1.54) is 385 Å². The van der Waals surface area contributed by atoms with E-state index in [-0.39, 0.29) is 12.5 Å². The van der Waals surface area contributed by atoms with Gasteiger partial charge >= 0.3 is 0 Å². The standard InChI is InChI=1S/C85H163NO8/c1-3-5-7-9-11-13-15-17-19-21-23-25-27-29-31-33-35-36-37-38-39-40-41-42-43-44-45-47-49-51-53-55-57-59-61-63-65-67-69-71-73-75-81(89)86-78(77-93-85-84(92)83(91)82(90)80(76-87)94-85)79(88)74-72-70-68-66-64-62-60-58-56-54-52-50-48-46-34-32-30-28-26-24-22-20-18-16-14-12-10-8-6-4-2/h21,23,64,66,72,74,78-80,82-85,87-88,90-92H,3-20,22,24-63,65,67-71,73,75-77H2,1-2H3,(H,86,89)/b23-21-,66-64+,74-72+. The third-order valence-electron chi connectivity index (χ3n) is 20.4. The van der Waals surface area contributed by atoms with Crippen LogP contribution >= 0.6 is 0 Å². The van der Waals surface area contributed by atoms with Gasteiger partial charge in [-0.05, 0) is 57.8 Å². The van der Waals surface area contributed by atoms with E-state index in [0.717, 1.165) is 38.5 Å². The molecule has 94 heavy (non-hydrogen) atoms. The third-order valence-corrected chi connectivity index (χ3v) is 20.4. The zero-order valence-corrected chi connectivity index (χ0v) is 62.8. The number of carbonyl (C=O) groups excluding carboxylic acids is 1. The van der Waals surface area contributed by atoms with Gasteiger partial charge in [0.25, 0.3) is 0 Å². The Morgan fingerprint density at radius 2 is 0.606 bits per heavy atom. The summed E-state index contributed by atoms with van der Waals surface area (Å²) in [6, 6.07) is -0.822. The summed E-state index contributed by atoms with van der Waals surface area (Å²) in [6.45, 7) is 3.83. The van der Waals surface area contributed by atoms with Crippen LogP contribution in [0.5, 0.6) is 0 Å². The Bertz CT molecular complexity index is 1590. The minimum absolute atomic E-state index is 0.177. The van der Waals surface area contributed by atoms with E-state index in [0.29, 0.717) is 6.42 Å². The summed E-state index contributed by atoms with van der Waals surface area (Å²) >= 11 is 0. The first-order valence-corrected chi connectivity index (χ1v) is 42.2. The Kier molecular flexibility index (Phi) is 71.3. The summed E-state index contributed by atoms with van der Waals surface area (Å²) in [7, 11) is 0. The fourth-order valence-corrected chi connectivity index (χ4v) is 13.9. The number of carbonyl (C=O) groups is 1. The van der Waals surface area contributed by atoms with Crippen molar-refractivity contribution >= 4 is 5.91 Å². The predicted octanol–water partition coefficient (Wildman–Crippen LogP) is 24.5. The van der Waals surface area contributed by atoms with Gasteiger partial charge in [-0.1, -0.05) is 416 Å². The molecule has 0 radical (unpaired) electrons. The summed E-state index contributed by atoms with van der Waals surface area (Å²) in [5.74, 6) is -0.177. The van der Waals surface area contributed by atoms with Crippen molar-refractivity contribution in [3.05, 3.63) is 36.5 Å². The maximum absolute atomic E-state index is 13.2. The number of aliphatic hydroxyl groups is 5. The average Bonchev–Trinajstić information content (AvgIpc) is 0.831. The lowest BCUT2D eigenvalue weighted by atomic mass is 9.99. The highest BCUT2D eigenvalue weighted by atomic mass is 16.7. The van der Waals surface area contributed by atoms with Crippen molar-refractivity contribution < 1.29 is 39.8 Å². The number of amides is 1. The molecule has 0 bridgehead atoms. The van der Waals surface area contributed by atoms with Crippen molar-refractivity contribution in [3.63, 3.8) is 0 Å². The molecule has 1 aliphatic rings. The molecule has 0 aromatic rings. The van der Waals surface area contributed by atoms with Crippen molar-refractivity contribution in [1.82, 2.24) is 5.32 Å². The second-order valence-corrected chi connectivity index (χ2v) is 29.6. The second kappa shape index (κ2) is 74.1. The van der Waals surface area contributed by atoms with Gasteiger partial charge in [0, 0.05) is 6.42 Å². The lowest BCUT2D eigenvalue weighted by molar-refractivity contribution is -0.302. The number of hydrogen-bond donors (Lipinski definition) is 6. The maximum atomic E-state index is 13.2. The maximum Gasteiger partial charge on any atom is 0.220 e. The fourth-order valence-electron chi connectivity index (χ4n) is 13.9. The number of unbranched alkanes of at least 4 members (excludes halogenated alkanes) is 62. The van der Waals surface area contributed by atoms with Crippen molar-refractivity contribution in [2.45, 2.75) is 487 Å². The molecule has 1 fully saturated rings. The Morgan fingerprint density at radius 1 is 0.351 bits per heavy atom. The molecule has 1 heterocycles. The van der Waals surface area contributed by atoms with Crippen LogP contribution in [0.2, 0.25) is 0 Å². The molecule has 9 nitrogen and oxygen atoms in total. The number of aliphatic hydroxyl groups excluding tert-OH is 5. The molecule has 1 saturated heterocycles. The zero-order chi connectivity index (χ0) is 67.8. The smallest absolute Gasteiger partial charge is 0.220 e. The zero-order valence-electron chi connectivity index (χ0n) is 62.8. The highest BCUT2D eigenvalue weighted by Gasteiger charge is 2.44. The molecular weight excluding hydrogens is 1160 g/mol. The Morgan fingerprint density at radius 3 is 0.894 bits per heavy atom. The van der Waals surface area contributed by atoms with Crippen molar-refractivity contribution in [2.24, 2.45) is 0 Å². The minimum atomic E-state index is -1.57. The largest absolute Gasteiger partial charge is 0.394 e. The van der Waals surface area contributed by atoms with E-state index < -0.39 is 49.5 Å². The van der Waals surface area contributed by atoms with Gasteiger partial charge in [-0.3, -0.25) is 4.79 Å². The van der Waals surface area contributed by atoms with Crippen LogP contribution in [0.15, 0.2) is 36.5 Å². The molecule has 7 atom stereocenters. The van der Waals surface area contributed by atoms with Crippen molar-refractivity contribution in [2.75, 3.05) is 13.2 Å². The highest BCUT2D eigenvalue weighted by Crippen LogP contribution is 2.24. The van der Waals surface area contributed by atoms with Crippen LogP contribution in [0.1, 0.15) is 444 Å². The first-order valence-electron chi connectivity index (χ1n) is 42.2. The topological polar surface area (TPSA) is 149 Å². The minimum Gasteiger partial charge on any atom is -0.394 e. The Hall–Kier alpha value is -1.59. The molecule has 6 N–H and O–H groups in total. The van der Waals surface area contributed by atoms with Gasteiger partial charge in [0.2, 0.25) is 5.91 Å². The van der Waals surface area contributed by atoms with Gasteiger partial charge in [0.15, 0.2) is 6.29 Å². The quantitative estimate of drug-likeness (QED) is 0.0261. The molecule has 9 heteroatoms.